The van der Waals surface area contributed by atoms with Crippen LogP contribution in [-0.2, 0) is 9.53 Å². The Balaban J connectivity index is 2.06. The first-order valence-corrected chi connectivity index (χ1v) is 6.81. The Hall–Kier alpha value is -1.13. The van der Waals surface area contributed by atoms with Gasteiger partial charge in [-0.3, -0.25) is 4.79 Å². The minimum atomic E-state index is -0.727. The van der Waals surface area contributed by atoms with Crippen molar-refractivity contribution in [3.05, 3.63) is 24.3 Å². The van der Waals surface area contributed by atoms with E-state index < -0.39 is 17.6 Å². The average Bonchev–Trinajstić information content (AvgIpc) is 2.63. The van der Waals surface area contributed by atoms with Gasteiger partial charge in [0, 0.05) is 23.7 Å². The van der Waals surface area contributed by atoms with Crippen LogP contribution in [-0.4, -0.2) is 34.5 Å². The molecule has 0 amide bonds. The van der Waals surface area contributed by atoms with E-state index in [4.69, 9.17) is 4.74 Å². The molecule has 0 bridgehead atoms. The van der Waals surface area contributed by atoms with Gasteiger partial charge < -0.3 is 14.9 Å². The van der Waals surface area contributed by atoms with Crippen LogP contribution in [0.2, 0.25) is 0 Å². The molecular weight excluding hydrogens is 244 g/mol. The van der Waals surface area contributed by atoms with Gasteiger partial charge in [-0.2, -0.15) is 0 Å². The van der Waals surface area contributed by atoms with Crippen molar-refractivity contribution in [2.24, 2.45) is 23.2 Å². The van der Waals surface area contributed by atoms with E-state index in [1.54, 1.807) is 0 Å². The molecule has 3 rings (SSSR count). The summed E-state index contributed by atoms with van der Waals surface area (Å²) < 4.78 is 5.51. The summed E-state index contributed by atoms with van der Waals surface area (Å²) in [6, 6.07) is 0. The third-order valence-corrected chi connectivity index (χ3v) is 5.25. The Labute approximate surface area is 112 Å². The summed E-state index contributed by atoms with van der Waals surface area (Å²) in [5.41, 5.74) is 0.163. The van der Waals surface area contributed by atoms with Gasteiger partial charge in [-0.05, 0) is 5.57 Å². The standard InChI is InChI=1S/C15H20O4/c1-7-9-4-5-15(3)11(17)6-10(16)8(2)12(15)13(9)19-14(7)18/h4-5,7,9-13,16-17H,2,6H2,1,3H3. The van der Waals surface area contributed by atoms with Crippen LogP contribution in [0.1, 0.15) is 20.3 Å². The summed E-state index contributed by atoms with van der Waals surface area (Å²) in [4.78, 5) is 11.8. The van der Waals surface area contributed by atoms with Gasteiger partial charge >= 0.3 is 5.97 Å². The maximum absolute atomic E-state index is 11.8. The highest BCUT2D eigenvalue weighted by molar-refractivity contribution is 5.75. The van der Waals surface area contributed by atoms with Gasteiger partial charge in [0.05, 0.1) is 18.1 Å². The molecule has 1 saturated carbocycles. The molecule has 0 aromatic heterocycles. The molecule has 4 heteroatoms. The zero-order valence-electron chi connectivity index (χ0n) is 11.2. The van der Waals surface area contributed by atoms with Crippen LogP contribution in [0.4, 0.5) is 0 Å². The number of fused-ring (bicyclic) bond motifs is 3. The first-order valence-electron chi connectivity index (χ1n) is 6.81. The van der Waals surface area contributed by atoms with Crippen molar-refractivity contribution in [1.82, 2.24) is 0 Å². The highest BCUT2D eigenvalue weighted by Crippen LogP contribution is 2.54. The van der Waals surface area contributed by atoms with Gasteiger partial charge in [0.25, 0.3) is 0 Å². The van der Waals surface area contributed by atoms with E-state index in [0.717, 1.165) is 0 Å². The van der Waals surface area contributed by atoms with Crippen molar-refractivity contribution in [1.29, 1.82) is 0 Å². The van der Waals surface area contributed by atoms with Crippen molar-refractivity contribution in [3.8, 4) is 0 Å². The number of hydrogen-bond acceptors (Lipinski definition) is 4. The Morgan fingerprint density at radius 1 is 1.47 bits per heavy atom. The van der Waals surface area contributed by atoms with E-state index in [-0.39, 0.29) is 36.2 Å². The Morgan fingerprint density at radius 2 is 2.16 bits per heavy atom. The van der Waals surface area contributed by atoms with Crippen LogP contribution >= 0.6 is 0 Å². The predicted molar refractivity (Wildman–Crippen MR) is 69.0 cm³/mol. The molecule has 0 spiro atoms. The van der Waals surface area contributed by atoms with Crippen molar-refractivity contribution < 1.29 is 19.7 Å². The molecule has 104 valence electrons. The average molecular weight is 264 g/mol. The zero-order valence-corrected chi connectivity index (χ0v) is 11.2. The van der Waals surface area contributed by atoms with Crippen LogP contribution in [0.5, 0.6) is 0 Å². The van der Waals surface area contributed by atoms with E-state index in [9.17, 15) is 15.0 Å². The Kier molecular flexibility index (Phi) is 2.67. The largest absolute Gasteiger partial charge is 0.461 e. The zero-order chi connectivity index (χ0) is 13.9. The number of esters is 1. The third-order valence-electron chi connectivity index (χ3n) is 5.25. The van der Waals surface area contributed by atoms with E-state index in [2.05, 4.69) is 6.58 Å². The van der Waals surface area contributed by atoms with E-state index >= 15 is 0 Å². The molecule has 7 atom stereocenters. The first-order chi connectivity index (χ1) is 8.86. The second-order valence-corrected chi connectivity index (χ2v) is 6.31. The summed E-state index contributed by atoms with van der Waals surface area (Å²) in [7, 11) is 0. The number of carbonyl (C=O) groups is 1. The van der Waals surface area contributed by atoms with Crippen molar-refractivity contribution >= 4 is 5.97 Å². The Morgan fingerprint density at radius 3 is 2.84 bits per heavy atom. The molecule has 0 aromatic rings. The number of carbonyl (C=O) groups excluding carboxylic acids is 1. The van der Waals surface area contributed by atoms with Crippen molar-refractivity contribution in [2.45, 2.75) is 38.6 Å². The maximum atomic E-state index is 11.8. The summed E-state index contributed by atoms with van der Waals surface area (Å²) >= 11 is 0. The van der Waals surface area contributed by atoms with Crippen LogP contribution in [0.25, 0.3) is 0 Å². The molecule has 2 fully saturated rings. The SMILES string of the molecule is C=C1C(O)CC(O)C2(C)C=CC3C(C)C(=O)OC3C12. The van der Waals surface area contributed by atoms with Crippen molar-refractivity contribution in [2.75, 3.05) is 0 Å². The second kappa shape index (κ2) is 3.93. The van der Waals surface area contributed by atoms with Crippen LogP contribution in [0.3, 0.4) is 0 Å². The summed E-state index contributed by atoms with van der Waals surface area (Å²) in [6.45, 7) is 7.79. The number of ether oxygens (including phenoxy) is 1. The molecule has 2 aliphatic carbocycles. The summed E-state index contributed by atoms with van der Waals surface area (Å²) in [6.07, 6.45) is 2.58. The van der Waals surface area contributed by atoms with Crippen molar-refractivity contribution in [3.63, 3.8) is 0 Å². The lowest BCUT2D eigenvalue weighted by molar-refractivity contribution is -0.149. The summed E-state index contributed by atoms with van der Waals surface area (Å²) in [5.74, 6) is -0.573. The van der Waals surface area contributed by atoms with E-state index in [1.165, 1.54) is 0 Å². The highest BCUT2D eigenvalue weighted by atomic mass is 16.6. The van der Waals surface area contributed by atoms with Crippen LogP contribution in [0.15, 0.2) is 24.3 Å². The molecule has 3 aliphatic rings. The molecule has 2 N–H and O–H groups in total. The Bertz CT molecular complexity index is 469. The fourth-order valence-electron chi connectivity index (χ4n) is 3.86. The molecule has 0 radical (unpaired) electrons. The fourth-order valence-corrected chi connectivity index (χ4v) is 3.86. The lowest BCUT2D eigenvalue weighted by Gasteiger charge is -2.51. The minimum Gasteiger partial charge on any atom is -0.461 e. The smallest absolute Gasteiger partial charge is 0.309 e. The lowest BCUT2D eigenvalue weighted by atomic mass is 9.56. The number of rotatable bonds is 0. The molecule has 0 aromatic carbocycles. The lowest BCUT2D eigenvalue weighted by Crippen LogP contribution is -2.54. The number of hydrogen-bond donors (Lipinski definition) is 2. The molecule has 7 unspecified atom stereocenters. The van der Waals surface area contributed by atoms with Crippen LogP contribution in [0, 0.1) is 23.2 Å². The van der Waals surface area contributed by atoms with Gasteiger partial charge in [-0.1, -0.05) is 32.6 Å². The number of aliphatic hydroxyl groups excluding tert-OH is 2. The predicted octanol–water partition coefficient (Wildman–Crippen LogP) is 1.04. The van der Waals surface area contributed by atoms with E-state index in [1.807, 2.05) is 26.0 Å². The van der Waals surface area contributed by atoms with E-state index in [0.29, 0.717) is 5.57 Å². The highest BCUT2D eigenvalue weighted by Gasteiger charge is 2.58. The molecular formula is C15H20O4. The molecule has 1 saturated heterocycles. The molecule has 4 nitrogen and oxygen atoms in total. The summed E-state index contributed by atoms with van der Waals surface area (Å²) in [5, 5.41) is 20.3. The topological polar surface area (TPSA) is 66.8 Å². The fraction of sp³-hybridized carbons (Fsp3) is 0.667. The third kappa shape index (κ3) is 1.56. The number of aliphatic hydroxyl groups is 2. The van der Waals surface area contributed by atoms with Crippen LogP contribution < -0.4 is 0 Å². The first kappa shape index (κ1) is 12.9. The molecule has 1 aliphatic heterocycles. The minimum absolute atomic E-state index is 0.0137. The van der Waals surface area contributed by atoms with Gasteiger partial charge in [0.15, 0.2) is 0 Å². The quantitative estimate of drug-likeness (QED) is 0.507. The second-order valence-electron chi connectivity index (χ2n) is 6.31. The monoisotopic (exact) mass is 264 g/mol. The molecule has 19 heavy (non-hydrogen) atoms. The van der Waals surface area contributed by atoms with Gasteiger partial charge in [-0.15, -0.1) is 0 Å². The maximum Gasteiger partial charge on any atom is 0.309 e. The van der Waals surface area contributed by atoms with Gasteiger partial charge in [-0.25, -0.2) is 0 Å². The normalized spacial score (nSPS) is 52.6. The van der Waals surface area contributed by atoms with Gasteiger partial charge in [0.2, 0.25) is 0 Å². The molecule has 1 heterocycles. The van der Waals surface area contributed by atoms with Gasteiger partial charge in [0.1, 0.15) is 6.10 Å².